The SMILES string of the molecule is Cn1ccnc1SCc1nc(-c2ccc([N+](=O)[O-])cc2)no1. The lowest BCUT2D eigenvalue weighted by molar-refractivity contribution is -0.384. The van der Waals surface area contributed by atoms with Crippen LogP contribution in [0.2, 0.25) is 0 Å². The Morgan fingerprint density at radius 3 is 2.77 bits per heavy atom. The number of thioether (sulfide) groups is 1. The number of aryl methyl sites for hydroxylation is 1. The molecule has 0 amide bonds. The lowest BCUT2D eigenvalue weighted by Gasteiger charge is -1.97. The fraction of sp³-hybridized carbons (Fsp3) is 0.154. The molecule has 2 heterocycles. The predicted molar refractivity (Wildman–Crippen MR) is 79.2 cm³/mol. The summed E-state index contributed by atoms with van der Waals surface area (Å²) in [5, 5.41) is 15.4. The highest BCUT2D eigenvalue weighted by atomic mass is 32.2. The quantitative estimate of drug-likeness (QED) is 0.405. The van der Waals surface area contributed by atoms with Gasteiger partial charge in [0.2, 0.25) is 11.7 Å². The normalized spacial score (nSPS) is 10.8. The fourth-order valence-electron chi connectivity index (χ4n) is 1.78. The summed E-state index contributed by atoms with van der Waals surface area (Å²) in [7, 11) is 1.91. The molecule has 8 nitrogen and oxygen atoms in total. The fourth-order valence-corrected chi connectivity index (χ4v) is 2.55. The van der Waals surface area contributed by atoms with Gasteiger partial charge in [-0.2, -0.15) is 4.98 Å². The second-order valence-electron chi connectivity index (χ2n) is 4.43. The molecule has 112 valence electrons. The molecule has 2 aromatic heterocycles. The summed E-state index contributed by atoms with van der Waals surface area (Å²) < 4.78 is 7.08. The van der Waals surface area contributed by atoms with Crippen LogP contribution in [0.1, 0.15) is 5.89 Å². The van der Waals surface area contributed by atoms with Crippen LogP contribution in [0, 0.1) is 10.1 Å². The van der Waals surface area contributed by atoms with Crippen LogP contribution in [0.4, 0.5) is 5.69 Å². The van der Waals surface area contributed by atoms with Gasteiger partial charge < -0.3 is 9.09 Å². The summed E-state index contributed by atoms with van der Waals surface area (Å²) in [4.78, 5) is 18.6. The number of hydrogen-bond donors (Lipinski definition) is 0. The van der Waals surface area contributed by atoms with Gasteiger partial charge in [0.1, 0.15) is 0 Å². The van der Waals surface area contributed by atoms with Crippen molar-refractivity contribution in [3.8, 4) is 11.4 Å². The van der Waals surface area contributed by atoms with Gasteiger partial charge in [-0.05, 0) is 12.1 Å². The Hall–Kier alpha value is -2.68. The monoisotopic (exact) mass is 317 g/mol. The molecule has 0 aliphatic heterocycles. The first kappa shape index (κ1) is 14.3. The lowest BCUT2D eigenvalue weighted by Crippen LogP contribution is -1.90. The van der Waals surface area contributed by atoms with E-state index < -0.39 is 4.92 Å². The number of benzene rings is 1. The van der Waals surface area contributed by atoms with Crippen molar-refractivity contribution < 1.29 is 9.45 Å². The van der Waals surface area contributed by atoms with Crippen LogP contribution in [0.5, 0.6) is 0 Å². The van der Waals surface area contributed by atoms with Crippen molar-refractivity contribution in [2.75, 3.05) is 0 Å². The predicted octanol–water partition coefficient (Wildman–Crippen LogP) is 2.67. The van der Waals surface area contributed by atoms with E-state index in [0.29, 0.717) is 23.0 Å². The Balaban J connectivity index is 1.70. The number of nitrogens with zero attached hydrogens (tertiary/aromatic N) is 5. The average molecular weight is 317 g/mol. The van der Waals surface area contributed by atoms with Crippen LogP contribution < -0.4 is 0 Å². The molecule has 22 heavy (non-hydrogen) atoms. The second-order valence-corrected chi connectivity index (χ2v) is 5.37. The third kappa shape index (κ3) is 2.98. The van der Waals surface area contributed by atoms with Crippen molar-refractivity contribution in [3.05, 3.63) is 52.7 Å². The average Bonchev–Trinajstić information content (AvgIpc) is 3.14. The minimum atomic E-state index is -0.449. The molecule has 0 aliphatic carbocycles. The first-order chi connectivity index (χ1) is 10.6. The molecule has 9 heteroatoms. The zero-order valence-electron chi connectivity index (χ0n) is 11.5. The smallest absolute Gasteiger partial charge is 0.269 e. The van der Waals surface area contributed by atoms with Gasteiger partial charge in [0, 0.05) is 37.1 Å². The number of hydrogen-bond acceptors (Lipinski definition) is 7. The van der Waals surface area contributed by atoms with E-state index in [0.717, 1.165) is 5.16 Å². The van der Waals surface area contributed by atoms with E-state index in [1.165, 1.54) is 23.9 Å². The lowest BCUT2D eigenvalue weighted by atomic mass is 10.2. The Kier molecular flexibility index (Phi) is 3.88. The van der Waals surface area contributed by atoms with Crippen molar-refractivity contribution in [2.45, 2.75) is 10.9 Å². The molecule has 3 rings (SSSR count). The summed E-state index contributed by atoms with van der Waals surface area (Å²) in [6.45, 7) is 0. The molecular formula is C13H11N5O3S. The maximum atomic E-state index is 10.6. The Bertz CT molecular complexity index is 796. The summed E-state index contributed by atoms with van der Waals surface area (Å²) in [5.41, 5.74) is 0.695. The van der Waals surface area contributed by atoms with E-state index in [1.807, 2.05) is 17.8 Å². The van der Waals surface area contributed by atoms with Crippen LogP contribution in [0.15, 0.2) is 46.3 Å². The topological polar surface area (TPSA) is 99.9 Å². The first-order valence-corrected chi connectivity index (χ1v) is 7.29. The van der Waals surface area contributed by atoms with Gasteiger partial charge in [0.05, 0.1) is 10.7 Å². The van der Waals surface area contributed by atoms with Crippen molar-refractivity contribution >= 4 is 17.4 Å². The molecule has 0 spiro atoms. The molecule has 1 aromatic carbocycles. The van der Waals surface area contributed by atoms with E-state index >= 15 is 0 Å². The van der Waals surface area contributed by atoms with Crippen molar-refractivity contribution in [2.24, 2.45) is 7.05 Å². The van der Waals surface area contributed by atoms with E-state index in [1.54, 1.807) is 18.3 Å². The summed E-state index contributed by atoms with van der Waals surface area (Å²) in [5.74, 6) is 1.39. The largest absolute Gasteiger partial charge is 0.338 e. The van der Waals surface area contributed by atoms with E-state index in [2.05, 4.69) is 15.1 Å². The Morgan fingerprint density at radius 1 is 1.36 bits per heavy atom. The Morgan fingerprint density at radius 2 is 2.14 bits per heavy atom. The number of imidazole rings is 1. The molecule has 0 fully saturated rings. The molecule has 0 aliphatic rings. The molecule has 0 radical (unpaired) electrons. The van der Waals surface area contributed by atoms with E-state index in [9.17, 15) is 10.1 Å². The molecule has 0 N–H and O–H groups in total. The van der Waals surface area contributed by atoms with Gasteiger partial charge >= 0.3 is 0 Å². The van der Waals surface area contributed by atoms with Crippen molar-refractivity contribution in [1.82, 2.24) is 19.7 Å². The van der Waals surface area contributed by atoms with Gasteiger partial charge in [-0.3, -0.25) is 10.1 Å². The van der Waals surface area contributed by atoms with Crippen molar-refractivity contribution in [3.63, 3.8) is 0 Å². The van der Waals surface area contributed by atoms with Crippen LogP contribution in [-0.4, -0.2) is 24.6 Å². The second kappa shape index (κ2) is 5.98. The third-order valence-electron chi connectivity index (χ3n) is 2.91. The highest BCUT2D eigenvalue weighted by Gasteiger charge is 2.12. The maximum absolute atomic E-state index is 10.6. The zero-order chi connectivity index (χ0) is 15.5. The third-order valence-corrected chi connectivity index (χ3v) is 3.95. The summed E-state index contributed by atoms with van der Waals surface area (Å²) in [6.07, 6.45) is 3.58. The van der Waals surface area contributed by atoms with Crippen LogP contribution in [-0.2, 0) is 12.8 Å². The highest BCUT2D eigenvalue weighted by molar-refractivity contribution is 7.98. The number of aromatic nitrogens is 4. The van der Waals surface area contributed by atoms with Crippen LogP contribution in [0.3, 0.4) is 0 Å². The van der Waals surface area contributed by atoms with Gasteiger partial charge in [-0.25, -0.2) is 4.98 Å². The zero-order valence-corrected chi connectivity index (χ0v) is 12.4. The molecule has 0 unspecified atom stereocenters. The molecule has 0 saturated heterocycles. The first-order valence-electron chi connectivity index (χ1n) is 6.31. The molecule has 0 atom stereocenters. The molecular weight excluding hydrogens is 306 g/mol. The van der Waals surface area contributed by atoms with Gasteiger partial charge in [0.25, 0.3) is 5.69 Å². The minimum absolute atomic E-state index is 0.0257. The van der Waals surface area contributed by atoms with Gasteiger partial charge in [0.15, 0.2) is 5.16 Å². The van der Waals surface area contributed by atoms with E-state index in [4.69, 9.17) is 4.52 Å². The number of non-ortho nitro benzene ring substituents is 1. The standard InChI is InChI=1S/C13H11N5O3S/c1-17-7-6-14-13(17)22-8-11-15-12(16-21-11)9-2-4-10(5-3-9)18(19)20/h2-7H,8H2,1H3. The number of nitro groups is 1. The van der Waals surface area contributed by atoms with E-state index in [-0.39, 0.29) is 5.69 Å². The van der Waals surface area contributed by atoms with Crippen molar-refractivity contribution in [1.29, 1.82) is 0 Å². The Labute approximate surface area is 129 Å². The minimum Gasteiger partial charge on any atom is -0.338 e. The highest BCUT2D eigenvalue weighted by Crippen LogP contribution is 2.23. The van der Waals surface area contributed by atoms with Gasteiger partial charge in [-0.15, -0.1) is 0 Å². The molecule has 0 bridgehead atoms. The van der Waals surface area contributed by atoms with Crippen LogP contribution in [0.25, 0.3) is 11.4 Å². The number of rotatable bonds is 5. The summed E-state index contributed by atoms with van der Waals surface area (Å²) >= 11 is 1.49. The molecule has 0 saturated carbocycles. The van der Waals surface area contributed by atoms with Gasteiger partial charge in [-0.1, -0.05) is 16.9 Å². The molecule has 3 aromatic rings. The maximum Gasteiger partial charge on any atom is 0.269 e. The van der Waals surface area contributed by atoms with Crippen LogP contribution >= 0.6 is 11.8 Å². The summed E-state index contributed by atoms with van der Waals surface area (Å²) in [6, 6.07) is 6.01. The number of nitro benzene ring substituents is 1.